The quantitative estimate of drug-likeness (QED) is 0.303. The number of carbonyl (C=O) groups is 1. The van der Waals surface area contributed by atoms with Crippen LogP contribution < -0.4 is 4.72 Å². The Bertz CT molecular complexity index is 1030. The molecule has 1 unspecified atom stereocenters. The molecule has 3 rings (SSSR count). The highest BCUT2D eigenvalue weighted by Gasteiger charge is 2.41. The molecule has 1 heterocycles. The third-order valence-electron chi connectivity index (χ3n) is 6.73. The topological polar surface area (TPSA) is 124 Å². The van der Waals surface area contributed by atoms with Gasteiger partial charge >= 0.3 is 0 Å². The van der Waals surface area contributed by atoms with E-state index in [4.69, 9.17) is 0 Å². The number of unbranched alkanes of at least 4 members (excludes halogenated alkanes) is 3. The summed E-state index contributed by atoms with van der Waals surface area (Å²) in [7, 11) is -3.74. The van der Waals surface area contributed by atoms with Gasteiger partial charge in [0.1, 0.15) is 0 Å². The molecule has 2 aromatic rings. The number of hydrogen-bond donors (Lipinski definition) is 4. The predicted octanol–water partition coefficient (Wildman–Crippen LogP) is 4.00. The van der Waals surface area contributed by atoms with Crippen molar-refractivity contribution in [3.63, 3.8) is 0 Å². The van der Waals surface area contributed by atoms with Gasteiger partial charge in [-0.3, -0.25) is 4.79 Å². The lowest BCUT2D eigenvalue weighted by Gasteiger charge is -2.24. The minimum Gasteiger partial charge on any atom is -0.393 e. The van der Waals surface area contributed by atoms with E-state index in [-0.39, 0.29) is 18.3 Å². The molecule has 9 heteroatoms. The predicted molar refractivity (Wildman–Crippen MR) is 135 cm³/mol. The fraction of sp³-hybridized carbons (Fsp3) is 0.560. The van der Waals surface area contributed by atoms with Crippen molar-refractivity contribution in [2.45, 2.75) is 76.1 Å². The van der Waals surface area contributed by atoms with Crippen LogP contribution in [0.15, 0.2) is 42.3 Å². The van der Waals surface area contributed by atoms with Crippen LogP contribution in [0.3, 0.4) is 0 Å². The van der Waals surface area contributed by atoms with E-state index in [1.54, 1.807) is 11.3 Å². The highest BCUT2D eigenvalue weighted by atomic mass is 32.2. The first kappa shape index (κ1) is 26.8. The van der Waals surface area contributed by atoms with Gasteiger partial charge in [-0.2, -0.15) is 0 Å². The van der Waals surface area contributed by atoms with E-state index in [1.165, 1.54) is 0 Å². The van der Waals surface area contributed by atoms with Gasteiger partial charge in [0.2, 0.25) is 5.91 Å². The monoisotopic (exact) mass is 509 g/mol. The molecule has 1 fully saturated rings. The lowest BCUT2D eigenvalue weighted by molar-refractivity contribution is -0.119. The zero-order valence-electron chi connectivity index (χ0n) is 19.3. The van der Waals surface area contributed by atoms with Crippen LogP contribution in [0.5, 0.6) is 0 Å². The minimum atomic E-state index is -3.74. The smallest absolute Gasteiger partial charge is 0.256 e. The maximum Gasteiger partial charge on any atom is 0.256 e. The lowest BCUT2D eigenvalue weighted by Crippen LogP contribution is -2.28. The van der Waals surface area contributed by atoms with E-state index < -0.39 is 34.2 Å². The Morgan fingerprint density at radius 3 is 2.50 bits per heavy atom. The number of rotatable bonds is 13. The summed E-state index contributed by atoms with van der Waals surface area (Å²) in [6, 6.07) is 10.1. The summed E-state index contributed by atoms with van der Waals surface area (Å²) in [6.45, 7) is 3.15. The summed E-state index contributed by atoms with van der Waals surface area (Å²) in [5.74, 6) is -0.592. The summed E-state index contributed by atoms with van der Waals surface area (Å²) in [5, 5.41) is 33.5. The molecule has 1 amide bonds. The molecule has 1 aliphatic rings. The molecule has 1 saturated carbocycles. The second-order valence-corrected chi connectivity index (χ2v) is 11.9. The maximum atomic E-state index is 11.6. The number of benzene rings is 1. The average molecular weight is 510 g/mol. The summed E-state index contributed by atoms with van der Waals surface area (Å²) in [5.41, 5.74) is 0. The van der Waals surface area contributed by atoms with Crippen molar-refractivity contribution in [1.82, 2.24) is 4.72 Å². The van der Waals surface area contributed by atoms with Crippen molar-refractivity contribution in [2.75, 3.05) is 0 Å². The molecular formula is C25H35NO6S2. The Morgan fingerprint density at radius 1 is 1.12 bits per heavy atom. The van der Waals surface area contributed by atoms with Crippen LogP contribution in [0.25, 0.3) is 10.1 Å². The third kappa shape index (κ3) is 7.36. The van der Waals surface area contributed by atoms with Crippen LogP contribution in [0, 0.1) is 11.8 Å². The van der Waals surface area contributed by atoms with Gasteiger partial charge in [0.15, 0.2) is 0 Å². The molecule has 0 saturated heterocycles. The number of fused-ring (bicyclic) bond motifs is 1. The number of thiophene rings is 1. The van der Waals surface area contributed by atoms with Crippen molar-refractivity contribution < 1.29 is 28.5 Å². The molecule has 0 spiro atoms. The molecular weight excluding hydrogens is 474 g/mol. The van der Waals surface area contributed by atoms with E-state index in [2.05, 4.69) is 6.58 Å². The SMILES string of the molecule is C=CS(=O)(=O)NC(=O)CCCCCC[C@@H]1[C@@H](CCC(O)c2cc3ccccc3s2)[C@H](O)C[C@@H]1O. The zero-order valence-corrected chi connectivity index (χ0v) is 20.9. The molecule has 188 valence electrons. The number of nitrogens with one attached hydrogen (secondary N) is 1. The molecule has 1 aromatic carbocycles. The van der Waals surface area contributed by atoms with Gasteiger partial charge in [0.25, 0.3) is 10.0 Å². The van der Waals surface area contributed by atoms with Gasteiger partial charge < -0.3 is 15.3 Å². The first-order valence-corrected chi connectivity index (χ1v) is 14.3. The van der Waals surface area contributed by atoms with Crippen LogP contribution in [0.4, 0.5) is 0 Å². The van der Waals surface area contributed by atoms with Gasteiger partial charge in [-0.1, -0.05) is 44.0 Å². The lowest BCUT2D eigenvalue weighted by atomic mass is 9.84. The fourth-order valence-corrected chi connectivity index (χ4v) is 6.50. The van der Waals surface area contributed by atoms with Crippen LogP contribution in [-0.2, 0) is 14.8 Å². The van der Waals surface area contributed by atoms with E-state index in [1.807, 2.05) is 35.1 Å². The van der Waals surface area contributed by atoms with E-state index in [9.17, 15) is 28.5 Å². The second-order valence-electron chi connectivity index (χ2n) is 9.17. The van der Waals surface area contributed by atoms with Crippen molar-refractivity contribution in [3.05, 3.63) is 47.2 Å². The summed E-state index contributed by atoms with van der Waals surface area (Å²) in [4.78, 5) is 12.6. The number of amides is 1. The molecule has 4 N–H and O–H groups in total. The van der Waals surface area contributed by atoms with Crippen molar-refractivity contribution in [2.24, 2.45) is 11.8 Å². The standard InChI is InChI=1S/C25H35NO6S2/c1-2-34(31,32)26-25(30)12-6-4-3-5-10-18-19(22(29)16-21(18)28)13-14-20(27)24-15-17-9-7-8-11-23(17)33-24/h2,7-9,11,15,18-22,27-29H,1,3-6,10,12-14,16H2,(H,26,30)/t18-,19-,20?,21+,22-/m1/s1. The van der Waals surface area contributed by atoms with E-state index in [0.717, 1.165) is 40.6 Å². The summed E-state index contributed by atoms with van der Waals surface area (Å²) >= 11 is 1.59. The summed E-state index contributed by atoms with van der Waals surface area (Å²) in [6.07, 6.45) is 3.86. The Labute approximate surface area is 205 Å². The van der Waals surface area contributed by atoms with Crippen LogP contribution >= 0.6 is 11.3 Å². The van der Waals surface area contributed by atoms with Gasteiger partial charge in [0.05, 0.1) is 18.3 Å². The fourth-order valence-electron chi connectivity index (χ4n) is 4.91. The van der Waals surface area contributed by atoms with Crippen LogP contribution in [0.2, 0.25) is 0 Å². The first-order valence-electron chi connectivity index (χ1n) is 11.9. The Kier molecular flexibility index (Phi) is 9.67. The number of aliphatic hydroxyl groups is 3. The molecule has 7 nitrogen and oxygen atoms in total. The molecule has 5 atom stereocenters. The van der Waals surface area contributed by atoms with Gasteiger partial charge in [-0.25, -0.2) is 13.1 Å². The van der Waals surface area contributed by atoms with Crippen LogP contribution in [0.1, 0.15) is 68.8 Å². The van der Waals surface area contributed by atoms with Crippen molar-refractivity contribution in [3.8, 4) is 0 Å². The number of sulfonamides is 1. The molecule has 0 aliphatic heterocycles. The molecule has 1 aromatic heterocycles. The van der Waals surface area contributed by atoms with E-state index >= 15 is 0 Å². The number of hydrogen-bond acceptors (Lipinski definition) is 7. The molecule has 1 aliphatic carbocycles. The van der Waals surface area contributed by atoms with Crippen molar-refractivity contribution in [1.29, 1.82) is 0 Å². The highest BCUT2D eigenvalue weighted by Crippen LogP contribution is 2.41. The first-order chi connectivity index (χ1) is 16.2. The Morgan fingerprint density at radius 2 is 1.79 bits per heavy atom. The molecule has 0 bridgehead atoms. The van der Waals surface area contributed by atoms with Gasteiger partial charge in [-0.05, 0) is 61.5 Å². The van der Waals surface area contributed by atoms with Crippen LogP contribution in [-0.4, -0.2) is 41.9 Å². The zero-order chi connectivity index (χ0) is 24.7. The average Bonchev–Trinajstić information content (AvgIpc) is 3.34. The molecule has 34 heavy (non-hydrogen) atoms. The van der Waals surface area contributed by atoms with Gasteiger partial charge in [0, 0.05) is 21.4 Å². The highest BCUT2D eigenvalue weighted by molar-refractivity contribution is 7.92. The third-order valence-corrected chi connectivity index (χ3v) is 8.90. The number of carbonyl (C=O) groups excluding carboxylic acids is 1. The normalized spacial score (nSPS) is 23.7. The largest absolute Gasteiger partial charge is 0.393 e. The Hall–Kier alpha value is -1.78. The van der Waals surface area contributed by atoms with E-state index in [0.29, 0.717) is 31.1 Å². The maximum absolute atomic E-state index is 11.6. The van der Waals surface area contributed by atoms with Gasteiger partial charge in [-0.15, -0.1) is 11.3 Å². The number of aliphatic hydroxyl groups excluding tert-OH is 3. The Balaban J connectivity index is 1.41. The molecule has 0 radical (unpaired) electrons. The minimum absolute atomic E-state index is 0.00867. The van der Waals surface area contributed by atoms with Crippen molar-refractivity contribution >= 4 is 37.4 Å². The summed E-state index contributed by atoms with van der Waals surface area (Å²) < 4.78 is 25.7. The second kappa shape index (κ2) is 12.3.